The number of hydrogen-bond acceptors (Lipinski definition) is 4. The Balaban J connectivity index is 2.96. The smallest absolute Gasteiger partial charge is 0.357 e. The highest BCUT2D eigenvalue weighted by Crippen LogP contribution is 2.13. The van der Waals surface area contributed by atoms with E-state index in [1.54, 1.807) is 0 Å². The number of methoxy groups -OCH3 is 1. The molecule has 6 heteroatoms. The van der Waals surface area contributed by atoms with Crippen molar-refractivity contribution < 1.29 is 19.0 Å². The molecule has 0 fully saturated rings. The van der Waals surface area contributed by atoms with Crippen LogP contribution in [0.15, 0.2) is 12.3 Å². The zero-order valence-electron chi connectivity index (χ0n) is 8.11. The molecule has 0 radical (unpaired) electrons. The Labute approximate surface area is 85.7 Å². The summed E-state index contributed by atoms with van der Waals surface area (Å²) in [6.07, 6.45) is 1.23. The highest BCUT2D eigenvalue weighted by Gasteiger charge is 2.14. The molecule has 1 aromatic rings. The van der Waals surface area contributed by atoms with Crippen LogP contribution in [0, 0.1) is 5.82 Å². The van der Waals surface area contributed by atoms with Crippen molar-refractivity contribution in [2.24, 2.45) is 5.73 Å². The van der Waals surface area contributed by atoms with Crippen LogP contribution in [0.25, 0.3) is 0 Å². The molecule has 0 amide bonds. The Morgan fingerprint density at radius 1 is 1.80 bits per heavy atom. The van der Waals surface area contributed by atoms with E-state index in [-0.39, 0.29) is 6.61 Å². The average Bonchev–Trinajstić information content (AvgIpc) is 2.17. The van der Waals surface area contributed by atoms with E-state index >= 15 is 0 Å². The van der Waals surface area contributed by atoms with E-state index in [1.165, 1.54) is 13.3 Å². The van der Waals surface area contributed by atoms with Gasteiger partial charge in [-0.2, -0.15) is 0 Å². The molecule has 0 spiro atoms. The molecule has 82 valence electrons. The highest BCUT2D eigenvalue weighted by molar-refractivity contribution is 5.85. The molecule has 1 atom stereocenters. The number of nitrogens with two attached hydrogens (primary N) is 1. The van der Waals surface area contributed by atoms with Crippen molar-refractivity contribution >= 4 is 5.97 Å². The van der Waals surface area contributed by atoms with Gasteiger partial charge in [-0.25, -0.2) is 14.2 Å². The number of pyridine rings is 1. The maximum atomic E-state index is 13.2. The van der Waals surface area contributed by atoms with E-state index in [4.69, 9.17) is 15.6 Å². The van der Waals surface area contributed by atoms with Crippen molar-refractivity contribution in [2.45, 2.75) is 6.04 Å². The second kappa shape index (κ2) is 4.81. The lowest BCUT2D eigenvalue weighted by Gasteiger charge is -2.10. The fraction of sp³-hybridized carbons (Fsp3) is 0.333. The van der Waals surface area contributed by atoms with Gasteiger partial charge in [-0.15, -0.1) is 0 Å². The molecule has 0 unspecified atom stereocenters. The molecule has 15 heavy (non-hydrogen) atoms. The summed E-state index contributed by atoms with van der Waals surface area (Å²) in [7, 11) is 1.47. The first kappa shape index (κ1) is 11.5. The Morgan fingerprint density at radius 3 is 2.93 bits per heavy atom. The monoisotopic (exact) mass is 214 g/mol. The zero-order chi connectivity index (χ0) is 11.4. The first-order valence-corrected chi connectivity index (χ1v) is 4.19. The van der Waals surface area contributed by atoms with Crippen LogP contribution in [0.3, 0.4) is 0 Å². The standard InChI is InChI=1S/C9H11FN2O3/c1-15-4-7(11)5-2-6(10)8(9(13)14)12-3-5/h2-3,7H,4,11H2,1H3,(H,13,14)/t7-/m0/s1. The lowest BCUT2D eigenvalue weighted by molar-refractivity contribution is 0.0685. The number of ether oxygens (including phenoxy) is 1. The van der Waals surface area contributed by atoms with Gasteiger partial charge in [0, 0.05) is 13.3 Å². The Bertz CT molecular complexity index is 370. The van der Waals surface area contributed by atoms with Crippen molar-refractivity contribution in [2.75, 3.05) is 13.7 Å². The summed E-state index contributed by atoms with van der Waals surface area (Å²) in [6, 6.07) is 0.542. The van der Waals surface area contributed by atoms with E-state index in [2.05, 4.69) is 4.98 Å². The summed E-state index contributed by atoms with van der Waals surface area (Å²) in [5.74, 6) is -2.30. The first-order valence-electron chi connectivity index (χ1n) is 4.19. The van der Waals surface area contributed by atoms with Gasteiger partial charge in [-0.3, -0.25) is 0 Å². The summed E-state index contributed by atoms with van der Waals surface area (Å²) < 4.78 is 17.9. The molecule has 0 aromatic carbocycles. The van der Waals surface area contributed by atoms with Crippen LogP contribution < -0.4 is 5.73 Å². The SMILES string of the molecule is COC[C@H](N)c1cnc(C(=O)O)c(F)c1. The predicted molar refractivity (Wildman–Crippen MR) is 50.0 cm³/mol. The molecule has 1 heterocycles. The van der Waals surface area contributed by atoms with E-state index in [9.17, 15) is 9.18 Å². The third-order valence-electron chi connectivity index (χ3n) is 1.84. The second-order valence-corrected chi connectivity index (χ2v) is 2.97. The molecule has 1 rings (SSSR count). The van der Waals surface area contributed by atoms with E-state index in [0.717, 1.165) is 6.07 Å². The molecule has 5 nitrogen and oxygen atoms in total. The van der Waals surface area contributed by atoms with Gasteiger partial charge in [0.05, 0.1) is 12.6 Å². The second-order valence-electron chi connectivity index (χ2n) is 2.97. The third-order valence-corrected chi connectivity index (χ3v) is 1.84. The maximum Gasteiger partial charge on any atom is 0.357 e. The molecular formula is C9H11FN2O3. The normalized spacial score (nSPS) is 12.5. The first-order chi connectivity index (χ1) is 7.06. The number of carbonyl (C=O) groups is 1. The largest absolute Gasteiger partial charge is 0.476 e. The predicted octanol–water partition coefficient (Wildman–Crippen LogP) is 0.565. The fourth-order valence-corrected chi connectivity index (χ4v) is 1.09. The third kappa shape index (κ3) is 2.71. The molecule has 3 N–H and O–H groups in total. The van der Waals surface area contributed by atoms with Crippen molar-refractivity contribution in [1.82, 2.24) is 4.98 Å². The molecule has 1 aromatic heterocycles. The number of halogens is 1. The summed E-state index contributed by atoms with van der Waals surface area (Å²) in [4.78, 5) is 13.9. The maximum absolute atomic E-state index is 13.2. The van der Waals surface area contributed by atoms with Crippen molar-refractivity contribution in [1.29, 1.82) is 0 Å². The molecule has 0 bridgehead atoms. The van der Waals surface area contributed by atoms with Gasteiger partial charge in [-0.05, 0) is 11.6 Å². The van der Waals surface area contributed by atoms with Crippen LogP contribution >= 0.6 is 0 Å². The molecule has 0 saturated carbocycles. The van der Waals surface area contributed by atoms with E-state index in [0.29, 0.717) is 5.56 Å². The van der Waals surface area contributed by atoms with Crippen molar-refractivity contribution in [3.8, 4) is 0 Å². The van der Waals surface area contributed by atoms with Gasteiger partial charge in [-0.1, -0.05) is 0 Å². The van der Waals surface area contributed by atoms with Gasteiger partial charge < -0.3 is 15.6 Å². The minimum atomic E-state index is -1.40. The van der Waals surface area contributed by atoms with Crippen LogP contribution in [0.4, 0.5) is 4.39 Å². The highest BCUT2D eigenvalue weighted by atomic mass is 19.1. The summed E-state index contributed by atoms with van der Waals surface area (Å²) in [5, 5.41) is 8.54. The van der Waals surface area contributed by atoms with Gasteiger partial charge in [0.25, 0.3) is 0 Å². The number of aromatic nitrogens is 1. The molecule has 0 saturated heterocycles. The summed E-state index contributed by atoms with van der Waals surface area (Å²) in [5.41, 5.74) is 5.42. The molecule has 0 aliphatic rings. The van der Waals surface area contributed by atoms with Gasteiger partial charge in [0.2, 0.25) is 0 Å². The fourth-order valence-electron chi connectivity index (χ4n) is 1.09. The summed E-state index contributed by atoms with van der Waals surface area (Å²) >= 11 is 0. The molecular weight excluding hydrogens is 203 g/mol. The Morgan fingerprint density at radius 2 is 2.47 bits per heavy atom. The Hall–Kier alpha value is -1.53. The minimum Gasteiger partial charge on any atom is -0.476 e. The van der Waals surface area contributed by atoms with Crippen LogP contribution in [0.1, 0.15) is 22.1 Å². The average molecular weight is 214 g/mol. The number of carboxylic acids is 1. The minimum absolute atomic E-state index is 0.216. The number of rotatable bonds is 4. The quantitative estimate of drug-likeness (QED) is 0.765. The topological polar surface area (TPSA) is 85.4 Å². The van der Waals surface area contributed by atoms with Crippen molar-refractivity contribution in [3.05, 3.63) is 29.3 Å². The van der Waals surface area contributed by atoms with Gasteiger partial charge >= 0.3 is 5.97 Å². The van der Waals surface area contributed by atoms with Crippen LogP contribution in [-0.4, -0.2) is 29.8 Å². The van der Waals surface area contributed by atoms with Crippen LogP contribution in [-0.2, 0) is 4.74 Å². The van der Waals surface area contributed by atoms with Crippen molar-refractivity contribution in [3.63, 3.8) is 0 Å². The van der Waals surface area contributed by atoms with Crippen LogP contribution in [0.5, 0.6) is 0 Å². The van der Waals surface area contributed by atoms with Gasteiger partial charge in [0.1, 0.15) is 0 Å². The number of nitrogens with zero attached hydrogens (tertiary/aromatic N) is 1. The molecule has 0 aliphatic carbocycles. The molecule has 0 aliphatic heterocycles. The lowest BCUT2D eigenvalue weighted by atomic mass is 10.1. The number of carboxylic acid groups (broad SMARTS) is 1. The number of hydrogen-bond donors (Lipinski definition) is 2. The summed E-state index contributed by atoms with van der Waals surface area (Å²) in [6.45, 7) is 0.216. The van der Waals surface area contributed by atoms with Gasteiger partial charge in [0.15, 0.2) is 11.5 Å². The van der Waals surface area contributed by atoms with E-state index in [1.807, 2.05) is 0 Å². The van der Waals surface area contributed by atoms with Crippen LogP contribution in [0.2, 0.25) is 0 Å². The number of aromatic carboxylic acids is 1. The Kier molecular flexibility index (Phi) is 3.70. The lowest BCUT2D eigenvalue weighted by Crippen LogP contribution is -2.17. The van der Waals surface area contributed by atoms with E-state index < -0.39 is 23.5 Å². The zero-order valence-corrected chi connectivity index (χ0v) is 8.11.